The molecule has 0 aromatic rings. The van der Waals surface area contributed by atoms with Crippen LogP contribution in [0.1, 0.15) is 20.3 Å². The number of amides is 1. The van der Waals surface area contributed by atoms with Gasteiger partial charge in [0.05, 0.1) is 0 Å². The fourth-order valence-corrected chi connectivity index (χ4v) is 0.889. The van der Waals surface area contributed by atoms with Crippen molar-refractivity contribution < 1.29 is 14.3 Å². The van der Waals surface area contributed by atoms with Gasteiger partial charge in [0.15, 0.2) is 6.10 Å². The van der Waals surface area contributed by atoms with Crippen LogP contribution in [-0.4, -0.2) is 17.4 Å². The molecule has 5 heteroatoms. The molecule has 0 aliphatic carbocycles. The van der Waals surface area contributed by atoms with Crippen LogP contribution in [0.15, 0.2) is 0 Å². The molecule has 0 fully saturated rings. The Morgan fingerprint density at radius 3 is 2.25 bits per heavy atom. The molecule has 1 amide bonds. The summed E-state index contributed by atoms with van der Waals surface area (Å²) in [6.45, 7) is 3.77. The van der Waals surface area contributed by atoms with Gasteiger partial charge < -0.3 is 10.5 Å². The Hall–Kier alpha value is -0.770. The lowest BCUT2D eigenvalue weighted by molar-refractivity contribution is -0.119. The quantitative estimate of drug-likeness (QED) is 0.684. The van der Waals surface area contributed by atoms with Crippen molar-refractivity contribution >= 4 is 22.9 Å². The number of halogens is 1. The topological polar surface area (TPSA) is 69.4 Å². The van der Waals surface area contributed by atoms with Gasteiger partial charge in [0.2, 0.25) is 0 Å². The number of nitrogens with two attached hydrogens (primary N) is 1. The van der Waals surface area contributed by atoms with E-state index in [1.807, 2.05) is 13.8 Å². The maximum atomic E-state index is 10.6. The minimum atomic E-state index is -0.977. The molecule has 12 heavy (non-hydrogen) atoms. The first-order valence-corrected chi connectivity index (χ1v) is 3.96. The van der Waals surface area contributed by atoms with Crippen LogP contribution in [0.5, 0.6) is 0 Å². The minimum Gasteiger partial charge on any atom is -0.437 e. The van der Waals surface area contributed by atoms with Crippen LogP contribution in [0.2, 0.25) is 0 Å². The molecule has 0 saturated carbocycles. The Morgan fingerprint density at radius 1 is 1.50 bits per heavy atom. The molecule has 1 atom stereocenters. The van der Waals surface area contributed by atoms with Gasteiger partial charge in [-0.3, -0.25) is 4.79 Å². The Bertz CT molecular complexity index is 181. The number of carbonyl (C=O) groups is 2. The molecule has 0 saturated heterocycles. The van der Waals surface area contributed by atoms with Gasteiger partial charge in [0.1, 0.15) is 0 Å². The van der Waals surface area contributed by atoms with Crippen molar-refractivity contribution in [3.05, 3.63) is 0 Å². The molecular formula is C7H12ClNO3. The van der Waals surface area contributed by atoms with Crippen LogP contribution in [0.4, 0.5) is 4.79 Å². The van der Waals surface area contributed by atoms with Gasteiger partial charge in [-0.1, -0.05) is 13.8 Å². The lowest BCUT2D eigenvalue weighted by Gasteiger charge is -2.13. The Morgan fingerprint density at radius 2 is 2.00 bits per heavy atom. The van der Waals surface area contributed by atoms with E-state index in [9.17, 15) is 9.59 Å². The maximum Gasteiger partial charge on any atom is 0.405 e. The maximum absolute atomic E-state index is 10.6. The average molecular weight is 194 g/mol. The fourth-order valence-electron chi connectivity index (χ4n) is 0.755. The predicted octanol–water partition coefficient (Wildman–Crippen LogP) is 1.26. The number of rotatable bonds is 4. The second-order valence-corrected chi connectivity index (χ2v) is 3.23. The van der Waals surface area contributed by atoms with Crippen LogP contribution in [0, 0.1) is 5.92 Å². The van der Waals surface area contributed by atoms with Gasteiger partial charge in [-0.05, 0) is 23.9 Å². The smallest absolute Gasteiger partial charge is 0.405 e. The van der Waals surface area contributed by atoms with Crippen molar-refractivity contribution in [3.8, 4) is 0 Å². The summed E-state index contributed by atoms with van der Waals surface area (Å²) in [5, 5.41) is -0.692. The molecule has 2 N–H and O–H groups in total. The van der Waals surface area contributed by atoms with Gasteiger partial charge in [0, 0.05) is 0 Å². The summed E-state index contributed by atoms with van der Waals surface area (Å²) < 4.78 is 4.48. The standard InChI is InChI=1S/C7H12ClNO3/c1-4(2)3-5(6(8)10)12-7(9)11/h4-5H,3H2,1-2H3,(H2,9,11). The van der Waals surface area contributed by atoms with Crippen molar-refractivity contribution in [3.63, 3.8) is 0 Å². The number of hydrogen-bond acceptors (Lipinski definition) is 3. The zero-order valence-electron chi connectivity index (χ0n) is 7.04. The molecule has 0 aromatic heterocycles. The van der Waals surface area contributed by atoms with E-state index in [4.69, 9.17) is 17.3 Å². The van der Waals surface area contributed by atoms with Crippen molar-refractivity contribution in [2.24, 2.45) is 11.7 Å². The van der Waals surface area contributed by atoms with Crippen molar-refractivity contribution in [1.82, 2.24) is 0 Å². The zero-order valence-corrected chi connectivity index (χ0v) is 7.80. The first-order chi connectivity index (χ1) is 5.43. The molecular weight excluding hydrogens is 182 g/mol. The second-order valence-electron chi connectivity index (χ2n) is 2.86. The van der Waals surface area contributed by atoms with Gasteiger partial charge in [-0.2, -0.15) is 0 Å². The third-order valence-corrected chi connectivity index (χ3v) is 1.44. The summed E-state index contributed by atoms with van der Waals surface area (Å²) in [7, 11) is 0. The van der Waals surface area contributed by atoms with Gasteiger partial charge in [0.25, 0.3) is 5.24 Å². The van der Waals surface area contributed by atoms with E-state index < -0.39 is 17.4 Å². The van der Waals surface area contributed by atoms with Crippen LogP contribution >= 0.6 is 11.6 Å². The molecule has 1 unspecified atom stereocenters. The molecule has 0 radical (unpaired) electrons. The summed E-state index contributed by atoms with van der Waals surface area (Å²) in [5.74, 6) is 0.219. The average Bonchev–Trinajstić information content (AvgIpc) is 1.83. The number of primary amides is 1. The van der Waals surface area contributed by atoms with E-state index in [-0.39, 0.29) is 5.92 Å². The Kier molecular flexibility index (Phi) is 4.66. The van der Waals surface area contributed by atoms with Crippen molar-refractivity contribution in [2.45, 2.75) is 26.4 Å². The summed E-state index contributed by atoms with van der Waals surface area (Å²) in [6.07, 6.45) is -1.50. The summed E-state index contributed by atoms with van der Waals surface area (Å²) >= 11 is 5.16. The third-order valence-electron chi connectivity index (χ3n) is 1.20. The fraction of sp³-hybridized carbons (Fsp3) is 0.714. The van der Waals surface area contributed by atoms with Gasteiger partial charge in [-0.25, -0.2) is 4.79 Å². The van der Waals surface area contributed by atoms with Crippen molar-refractivity contribution in [2.75, 3.05) is 0 Å². The highest BCUT2D eigenvalue weighted by Crippen LogP contribution is 2.10. The monoisotopic (exact) mass is 193 g/mol. The van der Waals surface area contributed by atoms with E-state index in [1.165, 1.54) is 0 Å². The number of hydrogen-bond donors (Lipinski definition) is 1. The first kappa shape index (κ1) is 11.2. The van der Waals surface area contributed by atoms with Crippen LogP contribution < -0.4 is 5.73 Å². The van der Waals surface area contributed by atoms with Crippen LogP contribution in [0.25, 0.3) is 0 Å². The molecule has 0 bridgehead atoms. The highest BCUT2D eigenvalue weighted by atomic mass is 35.5. The Labute approximate surface area is 76.0 Å². The van der Waals surface area contributed by atoms with E-state index >= 15 is 0 Å². The molecule has 0 spiro atoms. The third kappa shape index (κ3) is 4.96. The molecule has 4 nitrogen and oxygen atoms in total. The minimum absolute atomic E-state index is 0.219. The van der Waals surface area contributed by atoms with E-state index in [0.29, 0.717) is 6.42 Å². The normalized spacial score (nSPS) is 12.7. The highest BCUT2D eigenvalue weighted by molar-refractivity contribution is 6.64. The van der Waals surface area contributed by atoms with Gasteiger partial charge >= 0.3 is 6.09 Å². The first-order valence-electron chi connectivity index (χ1n) is 3.59. The number of ether oxygens (including phenoxy) is 1. The largest absolute Gasteiger partial charge is 0.437 e. The lowest BCUT2D eigenvalue weighted by atomic mass is 10.1. The predicted molar refractivity (Wildman–Crippen MR) is 44.8 cm³/mol. The van der Waals surface area contributed by atoms with E-state index in [0.717, 1.165) is 0 Å². The molecule has 0 rings (SSSR count). The molecule has 0 aliphatic heterocycles. The Balaban J connectivity index is 4.04. The molecule has 0 aliphatic rings. The summed E-state index contributed by atoms with van der Waals surface area (Å²) in [5.41, 5.74) is 4.73. The van der Waals surface area contributed by atoms with E-state index in [1.54, 1.807) is 0 Å². The molecule has 0 heterocycles. The van der Waals surface area contributed by atoms with Gasteiger partial charge in [-0.15, -0.1) is 0 Å². The number of carbonyl (C=O) groups excluding carboxylic acids is 2. The zero-order chi connectivity index (χ0) is 9.72. The van der Waals surface area contributed by atoms with Crippen LogP contribution in [-0.2, 0) is 9.53 Å². The summed E-state index contributed by atoms with van der Waals surface area (Å²) in [4.78, 5) is 20.9. The lowest BCUT2D eigenvalue weighted by Crippen LogP contribution is -2.28. The summed E-state index contributed by atoms with van der Waals surface area (Å²) in [6, 6.07) is 0. The second kappa shape index (κ2) is 4.98. The highest BCUT2D eigenvalue weighted by Gasteiger charge is 2.20. The SMILES string of the molecule is CC(C)CC(OC(N)=O)C(=O)Cl. The van der Waals surface area contributed by atoms with Crippen LogP contribution in [0.3, 0.4) is 0 Å². The van der Waals surface area contributed by atoms with E-state index in [2.05, 4.69) is 4.74 Å². The molecule has 0 aromatic carbocycles. The molecule has 70 valence electrons. The van der Waals surface area contributed by atoms with Crippen molar-refractivity contribution in [1.29, 1.82) is 0 Å².